The summed E-state index contributed by atoms with van der Waals surface area (Å²) in [6.07, 6.45) is 13.2. The molecule has 1 saturated heterocycles. The van der Waals surface area contributed by atoms with Gasteiger partial charge < -0.3 is 30.2 Å². The molecular weight excluding hydrogens is 498 g/mol. The molecule has 3 N–H and O–H groups in total. The predicted octanol–water partition coefficient (Wildman–Crippen LogP) is 4.42. The first-order valence-electron chi connectivity index (χ1n) is 15.5. The van der Waals surface area contributed by atoms with Crippen LogP contribution in [-0.4, -0.2) is 75.5 Å². The molecule has 1 rings (SSSR count). The Bertz CT molecular complexity index is 563. The predicted molar refractivity (Wildman–Crippen MR) is 155 cm³/mol. The summed E-state index contributed by atoms with van der Waals surface area (Å²) in [5.41, 5.74) is 0. The average molecular weight is 556 g/mol. The minimum absolute atomic E-state index is 0.128. The fraction of sp³-hybridized carbons (Fsp3) is 0.900. The monoisotopic (exact) mass is 555 g/mol. The first-order chi connectivity index (χ1) is 18.9. The topological polar surface area (TPSA) is 115 Å². The summed E-state index contributed by atoms with van der Waals surface area (Å²) in [5, 5.41) is 10.2. The Morgan fingerprint density at radius 3 is 1.03 bits per heavy atom. The minimum atomic E-state index is -0.128. The highest BCUT2D eigenvalue weighted by molar-refractivity contribution is 5.69. The molecule has 9 nitrogen and oxygen atoms in total. The molecule has 0 saturated carbocycles. The number of carbonyl (C=O) groups excluding carboxylic acids is 3. The van der Waals surface area contributed by atoms with Gasteiger partial charge in [0.1, 0.15) is 19.8 Å². The van der Waals surface area contributed by atoms with E-state index in [9.17, 15) is 14.4 Å². The van der Waals surface area contributed by atoms with Crippen molar-refractivity contribution in [1.82, 2.24) is 16.0 Å². The van der Waals surface area contributed by atoms with E-state index in [1.807, 2.05) is 0 Å². The third kappa shape index (κ3) is 22.8. The van der Waals surface area contributed by atoms with E-state index >= 15 is 0 Å². The molecule has 0 aromatic carbocycles. The number of esters is 3. The molecule has 39 heavy (non-hydrogen) atoms. The van der Waals surface area contributed by atoms with Gasteiger partial charge in [0.05, 0.1) is 0 Å². The summed E-state index contributed by atoms with van der Waals surface area (Å²) in [4.78, 5) is 35.9. The molecule has 1 aliphatic heterocycles. The number of nitrogens with one attached hydrogen (secondary N) is 3. The second-order valence-corrected chi connectivity index (χ2v) is 11.0. The lowest BCUT2D eigenvalue weighted by Crippen LogP contribution is -2.30. The van der Waals surface area contributed by atoms with E-state index in [1.165, 1.54) is 0 Å². The number of hydrogen-bond acceptors (Lipinski definition) is 9. The molecular formula is C30H57N3O6. The summed E-state index contributed by atoms with van der Waals surface area (Å²) in [6, 6.07) is 1.05. The van der Waals surface area contributed by atoms with E-state index in [4.69, 9.17) is 14.2 Å². The van der Waals surface area contributed by atoms with Crippen LogP contribution in [0.25, 0.3) is 0 Å². The zero-order chi connectivity index (χ0) is 28.6. The maximum absolute atomic E-state index is 12.0. The maximum Gasteiger partial charge on any atom is 0.305 e. The third-order valence-electron chi connectivity index (χ3n) is 7.13. The molecule has 228 valence electrons. The zero-order valence-corrected chi connectivity index (χ0v) is 25.0. The van der Waals surface area contributed by atoms with Crippen molar-refractivity contribution in [1.29, 1.82) is 0 Å². The van der Waals surface area contributed by atoms with Crippen molar-refractivity contribution in [3.63, 3.8) is 0 Å². The number of rotatable bonds is 0. The molecule has 0 radical (unpaired) electrons. The van der Waals surface area contributed by atoms with Gasteiger partial charge in [-0.25, -0.2) is 0 Å². The Kier molecular flexibility index (Phi) is 21.8. The van der Waals surface area contributed by atoms with Crippen molar-refractivity contribution in [3.8, 4) is 0 Å². The van der Waals surface area contributed by atoms with Gasteiger partial charge in [0.2, 0.25) is 0 Å². The molecule has 0 aromatic rings. The van der Waals surface area contributed by atoms with Crippen LogP contribution in [0.1, 0.15) is 117 Å². The first kappa shape index (κ1) is 35.3. The molecule has 3 unspecified atom stereocenters. The number of cyclic esters (lactones) is 3. The highest BCUT2D eigenvalue weighted by atomic mass is 16.5. The highest BCUT2D eigenvalue weighted by Crippen LogP contribution is 2.09. The molecule has 1 aliphatic rings. The van der Waals surface area contributed by atoms with Crippen molar-refractivity contribution in [2.24, 2.45) is 0 Å². The fourth-order valence-electron chi connectivity index (χ4n) is 4.62. The van der Waals surface area contributed by atoms with E-state index in [0.29, 0.717) is 76.8 Å². The van der Waals surface area contributed by atoms with Crippen LogP contribution < -0.4 is 16.0 Å². The number of hydrogen-bond donors (Lipinski definition) is 3. The van der Waals surface area contributed by atoms with Crippen molar-refractivity contribution < 1.29 is 28.6 Å². The van der Waals surface area contributed by atoms with E-state index in [1.54, 1.807) is 0 Å². The van der Waals surface area contributed by atoms with Gasteiger partial charge in [-0.3, -0.25) is 14.4 Å². The largest absolute Gasteiger partial charge is 0.464 e. The molecule has 1 fully saturated rings. The normalized spacial score (nSPS) is 27.5. The van der Waals surface area contributed by atoms with Crippen molar-refractivity contribution in [2.75, 3.05) is 39.5 Å². The second kappa shape index (κ2) is 24.1. The van der Waals surface area contributed by atoms with Crippen molar-refractivity contribution in [2.45, 2.75) is 135 Å². The van der Waals surface area contributed by atoms with Gasteiger partial charge in [0.25, 0.3) is 0 Å². The van der Waals surface area contributed by atoms with Crippen LogP contribution in [0.4, 0.5) is 0 Å². The van der Waals surface area contributed by atoms with Gasteiger partial charge in [-0.1, -0.05) is 38.5 Å². The van der Waals surface area contributed by atoms with E-state index < -0.39 is 0 Å². The highest BCUT2D eigenvalue weighted by Gasteiger charge is 2.09. The summed E-state index contributed by atoms with van der Waals surface area (Å²) < 4.78 is 16.0. The molecule has 9 heteroatoms. The number of ether oxygens (including phenoxy) is 3. The van der Waals surface area contributed by atoms with Gasteiger partial charge in [0.15, 0.2) is 0 Å². The van der Waals surface area contributed by atoms with Crippen LogP contribution in [0.5, 0.6) is 0 Å². The Labute approximate surface area is 237 Å². The van der Waals surface area contributed by atoms with Gasteiger partial charge in [0, 0.05) is 57.0 Å². The average Bonchev–Trinajstić information content (AvgIpc) is 2.90. The molecule has 0 spiro atoms. The lowest BCUT2D eigenvalue weighted by atomic mass is 10.1. The van der Waals surface area contributed by atoms with Crippen LogP contribution in [0.15, 0.2) is 0 Å². The van der Waals surface area contributed by atoms with Gasteiger partial charge in [-0.15, -0.1) is 0 Å². The maximum atomic E-state index is 12.0. The molecule has 0 aliphatic carbocycles. The Balaban J connectivity index is 2.32. The van der Waals surface area contributed by atoms with Gasteiger partial charge in [-0.05, 0) is 59.3 Å². The SMILES string of the molecule is CC1CCCCCC(=O)OCCNC(C)CCCCCC(=O)OCCNC(C)CCCCCC(=O)OCCN1. The second-order valence-electron chi connectivity index (χ2n) is 11.0. The van der Waals surface area contributed by atoms with E-state index in [2.05, 4.69) is 36.7 Å². The summed E-state index contributed by atoms with van der Waals surface area (Å²) in [7, 11) is 0. The van der Waals surface area contributed by atoms with Crippen LogP contribution >= 0.6 is 0 Å². The quantitative estimate of drug-likeness (QED) is 0.295. The summed E-state index contributed by atoms with van der Waals surface area (Å²) in [5.74, 6) is -0.385. The Morgan fingerprint density at radius 2 is 0.744 bits per heavy atom. The fourth-order valence-corrected chi connectivity index (χ4v) is 4.62. The van der Waals surface area contributed by atoms with Crippen molar-refractivity contribution >= 4 is 17.9 Å². The first-order valence-corrected chi connectivity index (χ1v) is 15.5. The molecule has 0 bridgehead atoms. The summed E-state index contributed by atoms with van der Waals surface area (Å²) in [6.45, 7) is 9.58. The summed E-state index contributed by atoms with van der Waals surface area (Å²) >= 11 is 0. The lowest BCUT2D eigenvalue weighted by Gasteiger charge is -2.14. The molecule has 0 aromatic heterocycles. The van der Waals surface area contributed by atoms with Crippen LogP contribution in [0, 0.1) is 0 Å². The smallest absolute Gasteiger partial charge is 0.305 e. The van der Waals surface area contributed by atoms with Gasteiger partial charge in [-0.2, -0.15) is 0 Å². The zero-order valence-electron chi connectivity index (χ0n) is 25.0. The number of carbonyl (C=O) groups is 3. The molecule has 0 amide bonds. The third-order valence-corrected chi connectivity index (χ3v) is 7.13. The standard InChI is InChI=1S/C30H57N3O6/c1-25-13-7-4-10-16-29(35)38-23-20-32-27(3)15-9-6-12-18-30(36)39-24-21-33-26(2)14-8-5-11-17-28(34)37-22-19-31-25/h25-27,31-33H,4-24H2,1-3H3. The van der Waals surface area contributed by atoms with E-state index in [-0.39, 0.29) is 17.9 Å². The Morgan fingerprint density at radius 1 is 0.462 bits per heavy atom. The Hall–Kier alpha value is -1.71. The molecule has 3 atom stereocenters. The van der Waals surface area contributed by atoms with Crippen LogP contribution in [0.3, 0.4) is 0 Å². The lowest BCUT2D eigenvalue weighted by molar-refractivity contribution is -0.144. The van der Waals surface area contributed by atoms with Crippen LogP contribution in [-0.2, 0) is 28.6 Å². The van der Waals surface area contributed by atoms with Crippen LogP contribution in [0.2, 0.25) is 0 Å². The minimum Gasteiger partial charge on any atom is -0.464 e. The van der Waals surface area contributed by atoms with Crippen molar-refractivity contribution in [3.05, 3.63) is 0 Å². The van der Waals surface area contributed by atoms with E-state index in [0.717, 1.165) is 77.0 Å². The molecule has 1 heterocycles. The van der Waals surface area contributed by atoms with Gasteiger partial charge >= 0.3 is 17.9 Å².